The van der Waals surface area contributed by atoms with Crippen LogP contribution in [0.3, 0.4) is 0 Å². The summed E-state index contributed by atoms with van der Waals surface area (Å²) in [6.07, 6.45) is 5.22. The molecule has 0 spiro atoms. The number of ketones is 1. The first-order valence-electron chi connectivity index (χ1n) is 10.6. The zero-order chi connectivity index (χ0) is 21.7. The summed E-state index contributed by atoms with van der Waals surface area (Å²) >= 11 is 1.59. The van der Waals surface area contributed by atoms with Gasteiger partial charge in [0.2, 0.25) is 0 Å². The van der Waals surface area contributed by atoms with Crippen molar-refractivity contribution in [2.75, 3.05) is 18.1 Å². The van der Waals surface area contributed by atoms with Crippen molar-refractivity contribution in [3.8, 4) is 5.75 Å². The second kappa shape index (κ2) is 7.60. The highest BCUT2D eigenvalue weighted by Crippen LogP contribution is 2.36. The van der Waals surface area contributed by atoms with E-state index in [0.717, 1.165) is 36.1 Å². The van der Waals surface area contributed by atoms with Crippen molar-refractivity contribution >= 4 is 38.9 Å². The van der Waals surface area contributed by atoms with Crippen LogP contribution in [0.5, 0.6) is 5.75 Å². The molecule has 5 rings (SSSR count). The summed E-state index contributed by atoms with van der Waals surface area (Å²) in [7, 11) is 0. The number of amides is 1. The molecular weight excluding hydrogens is 414 g/mol. The molecule has 1 aliphatic carbocycles. The summed E-state index contributed by atoms with van der Waals surface area (Å²) < 4.78 is 6.96. The Labute approximate surface area is 183 Å². The highest BCUT2D eigenvalue weighted by molar-refractivity contribution is 7.18. The number of hydrogen-bond acceptors (Lipinski definition) is 6. The Kier molecular flexibility index (Phi) is 4.89. The van der Waals surface area contributed by atoms with Gasteiger partial charge >= 0.3 is 0 Å². The molecule has 0 radical (unpaired) electrons. The molecule has 1 amide bonds. The maximum Gasteiger partial charge on any atom is 0.265 e. The van der Waals surface area contributed by atoms with E-state index in [9.17, 15) is 14.4 Å². The molecule has 0 N–H and O–H groups in total. The monoisotopic (exact) mass is 437 g/mol. The van der Waals surface area contributed by atoms with E-state index in [0.29, 0.717) is 28.9 Å². The molecule has 0 saturated heterocycles. The molecule has 0 fully saturated rings. The number of Topliss-reactive ketones (excluding diaryl/α,β-unsaturated/α-hetero) is 1. The van der Waals surface area contributed by atoms with Crippen molar-refractivity contribution in [3.05, 3.63) is 50.9 Å². The number of anilines is 1. The number of carbonyl (C=O) groups is 2. The second-order valence-electron chi connectivity index (χ2n) is 8.05. The van der Waals surface area contributed by atoms with Gasteiger partial charge in [-0.2, -0.15) is 0 Å². The van der Waals surface area contributed by atoms with Crippen LogP contribution in [0, 0.1) is 0 Å². The van der Waals surface area contributed by atoms with E-state index in [2.05, 4.69) is 4.98 Å². The van der Waals surface area contributed by atoms with Crippen LogP contribution in [0.15, 0.2) is 29.3 Å². The average Bonchev–Trinajstić information content (AvgIpc) is 3.36. The summed E-state index contributed by atoms with van der Waals surface area (Å²) in [5, 5.41) is 0.665. The molecule has 7 nitrogen and oxygen atoms in total. The number of fused-ring (bicyclic) bond motifs is 4. The Balaban J connectivity index is 1.52. The molecule has 3 heterocycles. The Morgan fingerprint density at radius 1 is 1.29 bits per heavy atom. The number of rotatable bonds is 5. The molecule has 2 aromatic heterocycles. The van der Waals surface area contributed by atoms with Crippen LogP contribution in [0.4, 0.5) is 5.69 Å². The van der Waals surface area contributed by atoms with Gasteiger partial charge in [0.05, 0.1) is 23.4 Å². The lowest BCUT2D eigenvalue weighted by molar-refractivity contribution is -0.121. The lowest BCUT2D eigenvalue weighted by atomic mass is 10.0. The van der Waals surface area contributed by atoms with E-state index in [4.69, 9.17) is 4.74 Å². The average molecular weight is 438 g/mol. The van der Waals surface area contributed by atoms with Gasteiger partial charge in [-0.05, 0) is 56.4 Å². The van der Waals surface area contributed by atoms with Gasteiger partial charge < -0.3 is 9.64 Å². The molecular formula is C23H23N3O4S. The van der Waals surface area contributed by atoms with Gasteiger partial charge in [0.1, 0.15) is 10.6 Å². The highest BCUT2D eigenvalue weighted by atomic mass is 32.1. The third-order valence-electron chi connectivity index (χ3n) is 6.08. The van der Waals surface area contributed by atoms with Crippen molar-refractivity contribution in [3.63, 3.8) is 0 Å². The summed E-state index contributed by atoms with van der Waals surface area (Å²) in [4.78, 5) is 47.0. The molecule has 0 saturated carbocycles. The van der Waals surface area contributed by atoms with Crippen LogP contribution >= 0.6 is 11.3 Å². The molecule has 1 aromatic carbocycles. The zero-order valence-electron chi connectivity index (χ0n) is 17.5. The molecule has 3 aromatic rings. The molecule has 31 heavy (non-hydrogen) atoms. The van der Waals surface area contributed by atoms with E-state index in [1.165, 1.54) is 15.8 Å². The first-order valence-corrected chi connectivity index (χ1v) is 11.4. The van der Waals surface area contributed by atoms with E-state index in [1.54, 1.807) is 41.4 Å². The Hall–Kier alpha value is -3.00. The lowest BCUT2D eigenvalue weighted by Crippen LogP contribution is -2.39. The van der Waals surface area contributed by atoms with Crippen molar-refractivity contribution in [1.82, 2.24) is 9.55 Å². The van der Waals surface area contributed by atoms with Gasteiger partial charge in [0.25, 0.3) is 11.5 Å². The second-order valence-corrected chi connectivity index (χ2v) is 9.13. The molecule has 8 heteroatoms. The zero-order valence-corrected chi connectivity index (χ0v) is 18.3. The van der Waals surface area contributed by atoms with E-state index >= 15 is 0 Å². The van der Waals surface area contributed by atoms with E-state index in [-0.39, 0.29) is 23.9 Å². The number of hydrogen-bond donors (Lipinski definition) is 0. The van der Waals surface area contributed by atoms with Crippen molar-refractivity contribution in [1.29, 1.82) is 0 Å². The normalized spacial score (nSPS) is 16.2. The molecule has 160 valence electrons. The predicted octanol–water partition coefficient (Wildman–Crippen LogP) is 3.53. The van der Waals surface area contributed by atoms with Crippen LogP contribution in [0.25, 0.3) is 10.2 Å². The van der Waals surface area contributed by atoms with Crippen LogP contribution in [0.1, 0.15) is 53.5 Å². The van der Waals surface area contributed by atoms with Crippen molar-refractivity contribution in [2.24, 2.45) is 0 Å². The van der Waals surface area contributed by atoms with Gasteiger partial charge in [-0.25, -0.2) is 4.98 Å². The van der Waals surface area contributed by atoms with Crippen molar-refractivity contribution in [2.45, 2.75) is 45.6 Å². The standard InChI is InChI=1S/C23H23N3O4S/c1-3-9-25-16-10-14(7-8-17(16)30-11-19(25)27)21(28)13(2)26-12-24-22-20(23(26)29)15-5-4-6-18(15)31-22/h7-8,10,12-13H,3-6,9,11H2,1-2H3. The molecule has 1 aliphatic heterocycles. The SMILES string of the molecule is CCCN1C(=O)COc2ccc(C(=O)C(C)n3cnc4sc5c(c4c3=O)CCC5)cc21. The third-order valence-corrected chi connectivity index (χ3v) is 7.28. The largest absolute Gasteiger partial charge is 0.482 e. The van der Waals surface area contributed by atoms with Gasteiger partial charge in [-0.15, -0.1) is 11.3 Å². The van der Waals surface area contributed by atoms with Crippen LogP contribution < -0.4 is 15.2 Å². The first kappa shape index (κ1) is 19.9. The fourth-order valence-corrected chi connectivity index (χ4v) is 5.68. The number of carbonyl (C=O) groups excluding carboxylic acids is 2. The van der Waals surface area contributed by atoms with Gasteiger partial charge in [-0.3, -0.25) is 19.0 Å². The number of benzene rings is 1. The predicted molar refractivity (Wildman–Crippen MR) is 120 cm³/mol. The fourth-order valence-electron chi connectivity index (χ4n) is 4.47. The minimum atomic E-state index is -0.709. The quantitative estimate of drug-likeness (QED) is 0.571. The first-order chi connectivity index (χ1) is 15.0. The topological polar surface area (TPSA) is 81.5 Å². The minimum absolute atomic E-state index is 0.00271. The van der Waals surface area contributed by atoms with Gasteiger partial charge in [0, 0.05) is 17.0 Å². The third kappa shape index (κ3) is 3.17. The number of thiophene rings is 1. The summed E-state index contributed by atoms with van der Waals surface area (Å²) in [6.45, 7) is 4.28. The summed E-state index contributed by atoms with van der Waals surface area (Å²) in [5.74, 6) is 0.267. The van der Waals surface area contributed by atoms with Gasteiger partial charge in [-0.1, -0.05) is 6.92 Å². The maximum atomic E-state index is 13.3. The molecule has 2 aliphatic rings. The van der Waals surface area contributed by atoms with Crippen molar-refractivity contribution < 1.29 is 14.3 Å². The number of aryl methyl sites for hydroxylation is 2. The molecule has 0 bridgehead atoms. The van der Waals surface area contributed by atoms with E-state index in [1.807, 2.05) is 6.92 Å². The lowest BCUT2D eigenvalue weighted by Gasteiger charge is -2.29. The summed E-state index contributed by atoms with van der Waals surface area (Å²) in [6, 6.07) is 4.40. The minimum Gasteiger partial charge on any atom is -0.482 e. The Morgan fingerprint density at radius 3 is 2.94 bits per heavy atom. The number of nitrogens with zero attached hydrogens (tertiary/aromatic N) is 3. The van der Waals surface area contributed by atoms with Crippen LogP contribution in [-0.4, -0.2) is 34.4 Å². The van der Waals surface area contributed by atoms with E-state index < -0.39 is 6.04 Å². The summed E-state index contributed by atoms with van der Waals surface area (Å²) in [5.41, 5.74) is 1.99. The molecule has 1 atom stereocenters. The van der Waals surface area contributed by atoms with Crippen LogP contribution in [-0.2, 0) is 17.6 Å². The highest BCUT2D eigenvalue weighted by Gasteiger charge is 2.28. The Bertz CT molecular complexity index is 1280. The fraction of sp³-hybridized carbons (Fsp3) is 0.391. The van der Waals surface area contributed by atoms with Crippen LogP contribution in [0.2, 0.25) is 0 Å². The number of aromatic nitrogens is 2. The molecule has 1 unspecified atom stereocenters. The maximum absolute atomic E-state index is 13.3. The number of ether oxygens (including phenoxy) is 1. The smallest absolute Gasteiger partial charge is 0.265 e. The Morgan fingerprint density at radius 2 is 2.13 bits per heavy atom. The van der Waals surface area contributed by atoms with Gasteiger partial charge in [0.15, 0.2) is 12.4 Å².